The summed E-state index contributed by atoms with van der Waals surface area (Å²) in [6.07, 6.45) is 6.92. The quantitative estimate of drug-likeness (QED) is 0.814. The molecule has 1 N–H and O–H groups in total. The summed E-state index contributed by atoms with van der Waals surface area (Å²) in [5.74, 6) is 0.516. The van der Waals surface area contributed by atoms with Crippen LogP contribution in [0.5, 0.6) is 0 Å². The number of likely N-dealkylation sites (tertiary alicyclic amines) is 1. The van der Waals surface area contributed by atoms with Crippen molar-refractivity contribution in [2.45, 2.75) is 63.6 Å². The number of urea groups is 1. The molecule has 2 fully saturated rings. The van der Waals surface area contributed by atoms with Gasteiger partial charge in [0, 0.05) is 26.7 Å². The average molecular weight is 311 g/mol. The van der Waals surface area contributed by atoms with Crippen LogP contribution in [-0.2, 0) is 4.74 Å². The molecule has 1 aliphatic carbocycles. The van der Waals surface area contributed by atoms with E-state index < -0.39 is 0 Å². The third-order valence-electron chi connectivity index (χ3n) is 5.45. The summed E-state index contributed by atoms with van der Waals surface area (Å²) >= 11 is 0. The summed E-state index contributed by atoms with van der Waals surface area (Å²) in [6.45, 7) is 4.37. The number of nitrogens with zero attached hydrogens (tertiary/aromatic N) is 2. The van der Waals surface area contributed by atoms with Gasteiger partial charge in [-0.1, -0.05) is 26.2 Å². The fourth-order valence-electron chi connectivity index (χ4n) is 4.05. The second-order valence-electron chi connectivity index (χ2n) is 7.17. The molecule has 0 radical (unpaired) electrons. The predicted molar refractivity (Wildman–Crippen MR) is 89.0 cm³/mol. The van der Waals surface area contributed by atoms with Gasteiger partial charge in [0.25, 0.3) is 0 Å². The molecule has 2 aliphatic rings. The number of carbonyl (C=O) groups excluding carboxylic acids is 1. The van der Waals surface area contributed by atoms with E-state index in [1.54, 1.807) is 7.11 Å². The highest BCUT2D eigenvalue weighted by atomic mass is 16.5. The van der Waals surface area contributed by atoms with Gasteiger partial charge in [-0.2, -0.15) is 0 Å². The molecule has 0 spiro atoms. The Kier molecular flexibility index (Phi) is 6.50. The summed E-state index contributed by atoms with van der Waals surface area (Å²) in [5, 5.41) is 3.24. The lowest BCUT2D eigenvalue weighted by Crippen LogP contribution is -2.55. The first kappa shape index (κ1) is 17.5. The smallest absolute Gasteiger partial charge is 0.317 e. The van der Waals surface area contributed by atoms with E-state index in [1.807, 2.05) is 11.9 Å². The van der Waals surface area contributed by atoms with Crippen LogP contribution in [0.1, 0.15) is 45.4 Å². The Hall–Kier alpha value is -0.810. The van der Waals surface area contributed by atoms with Gasteiger partial charge < -0.3 is 19.9 Å². The van der Waals surface area contributed by atoms with Crippen LogP contribution in [0.4, 0.5) is 4.79 Å². The van der Waals surface area contributed by atoms with Crippen LogP contribution in [0.15, 0.2) is 0 Å². The molecule has 1 saturated carbocycles. The molecule has 0 aromatic heterocycles. The maximum Gasteiger partial charge on any atom is 0.317 e. The minimum absolute atomic E-state index is 0.0651. The fourth-order valence-corrected chi connectivity index (χ4v) is 4.05. The number of hydrogen-bond donors (Lipinski definition) is 1. The van der Waals surface area contributed by atoms with Crippen molar-refractivity contribution >= 4 is 6.03 Å². The molecule has 2 rings (SSSR count). The number of ether oxygens (including phenoxy) is 1. The number of methoxy groups -OCH3 is 1. The first-order valence-corrected chi connectivity index (χ1v) is 8.77. The van der Waals surface area contributed by atoms with Crippen LogP contribution >= 0.6 is 0 Å². The molecule has 5 heteroatoms. The van der Waals surface area contributed by atoms with E-state index in [2.05, 4.69) is 24.2 Å². The second kappa shape index (κ2) is 8.16. The van der Waals surface area contributed by atoms with Crippen molar-refractivity contribution in [3.63, 3.8) is 0 Å². The normalized spacial score (nSPS) is 34.0. The van der Waals surface area contributed by atoms with Gasteiger partial charge in [-0.3, -0.25) is 0 Å². The lowest BCUT2D eigenvalue weighted by molar-refractivity contribution is 0.0594. The van der Waals surface area contributed by atoms with Crippen molar-refractivity contribution in [2.24, 2.45) is 5.92 Å². The number of hydrogen-bond acceptors (Lipinski definition) is 3. The molecule has 128 valence electrons. The predicted octanol–water partition coefficient (Wildman–Crippen LogP) is 2.32. The molecule has 0 aromatic rings. The SMILES string of the molecule is CO[C@@H]1CCCCC[C@@H]1NC(=O)N(C)[C@H]1CCN(C)C[C@H]1C. The third-order valence-corrected chi connectivity index (χ3v) is 5.45. The van der Waals surface area contributed by atoms with Crippen LogP contribution in [0, 0.1) is 5.92 Å². The van der Waals surface area contributed by atoms with Gasteiger partial charge in [-0.15, -0.1) is 0 Å². The monoisotopic (exact) mass is 311 g/mol. The summed E-state index contributed by atoms with van der Waals surface area (Å²) in [7, 11) is 5.86. The van der Waals surface area contributed by atoms with E-state index in [4.69, 9.17) is 4.74 Å². The fraction of sp³-hybridized carbons (Fsp3) is 0.941. The van der Waals surface area contributed by atoms with Gasteiger partial charge in [0.1, 0.15) is 0 Å². The van der Waals surface area contributed by atoms with Crippen LogP contribution in [0.2, 0.25) is 0 Å². The Morgan fingerprint density at radius 3 is 2.64 bits per heavy atom. The summed E-state index contributed by atoms with van der Waals surface area (Å²) in [5.41, 5.74) is 0. The lowest BCUT2D eigenvalue weighted by Gasteiger charge is -2.40. The van der Waals surface area contributed by atoms with Crippen molar-refractivity contribution < 1.29 is 9.53 Å². The van der Waals surface area contributed by atoms with E-state index >= 15 is 0 Å². The lowest BCUT2D eigenvalue weighted by atomic mass is 9.93. The van der Waals surface area contributed by atoms with Crippen LogP contribution in [0.3, 0.4) is 0 Å². The Bertz CT molecular complexity index is 364. The largest absolute Gasteiger partial charge is 0.379 e. The van der Waals surface area contributed by atoms with Gasteiger partial charge in [-0.25, -0.2) is 4.79 Å². The Morgan fingerprint density at radius 2 is 1.95 bits per heavy atom. The number of carbonyl (C=O) groups is 1. The number of piperidine rings is 1. The van der Waals surface area contributed by atoms with E-state index in [1.165, 1.54) is 19.3 Å². The van der Waals surface area contributed by atoms with Gasteiger partial charge in [0.05, 0.1) is 12.1 Å². The van der Waals surface area contributed by atoms with Crippen molar-refractivity contribution in [3.8, 4) is 0 Å². The zero-order valence-electron chi connectivity index (χ0n) is 14.7. The Labute approximate surface area is 135 Å². The molecular weight excluding hydrogens is 278 g/mol. The molecule has 2 amide bonds. The molecule has 5 nitrogen and oxygen atoms in total. The maximum absolute atomic E-state index is 12.7. The second-order valence-corrected chi connectivity index (χ2v) is 7.17. The van der Waals surface area contributed by atoms with E-state index in [9.17, 15) is 4.79 Å². The molecule has 22 heavy (non-hydrogen) atoms. The van der Waals surface area contributed by atoms with Crippen LogP contribution < -0.4 is 5.32 Å². The minimum atomic E-state index is 0.0651. The molecule has 4 atom stereocenters. The van der Waals surface area contributed by atoms with Gasteiger partial charge in [-0.05, 0) is 38.8 Å². The molecule has 0 aromatic carbocycles. The van der Waals surface area contributed by atoms with Crippen molar-refractivity contribution in [1.82, 2.24) is 15.1 Å². The van der Waals surface area contributed by atoms with Gasteiger partial charge in [0.15, 0.2) is 0 Å². The van der Waals surface area contributed by atoms with Gasteiger partial charge in [0.2, 0.25) is 0 Å². The van der Waals surface area contributed by atoms with Crippen LogP contribution in [0.25, 0.3) is 0 Å². The van der Waals surface area contributed by atoms with Crippen molar-refractivity contribution in [1.29, 1.82) is 0 Å². The maximum atomic E-state index is 12.7. The average Bonchev–Trinajstić information content (AvgIpc) is 2.71. The van der Waals surface area contributed by atoms with Crippen LogP contribution in [-0.4, -0.2) is 68.3 Å². The zero-order chi connectivity index (χ0) is 16.1. The molecule has 1 saturated heterocycles. The number of nitrogens with one attached hydrogen (secondary N) is 1. The zero-order valence-corrected chi connectivity index (χ0v) is 14.7. The van der Waals surface area contributed by atoms with Crippen molar-refractivity contribution in [3.05, 3.63) is 0 Å². The Morgan fingerprint density at radius 1 is 1.23 bits per heavy atom. The van der Waals surface area contributed by atoms with E-state index in [-0.39, 0.29) is 18.2 Å². The summed E-state index contributed by atoms with van der Waals surface area (Å²) < 4.78 is 5.61. The highest BCUT2D eigenvalue weighted by Crippen LogP contribution is 2.23. The summed E-state index contributed by atoms with van der Waals surface area (Å²) in [4.78, 5) is 16.9. The molecule has 0 unspecified atom stereocenters. The van der Waals surface area contributed by atoms with E-state index in [0.717, 1.165) is 32.4 Å². The Balaban J connectivity index is 1.92. The first-order chi connectivity index (χ1) is 10.5. The first-order valence-electron chi connectivity index (χ1n) is 8.77. The molecular formula is C17H33N3O2. The third kappa shape index (κ3) is 4.35. The number of amides is 2. The van der Waals surface area contributed by atoms with Crippen molar-refractivity contribution in [2.75, 3.05) is 34.3 Å². The summed E-state index contributed by atoms with van der Waals surface area (Å²) in [6, 6.07) is 0.558. The number of rotatable bonds is 3. The topological polar surface area (TPSA) is 44.8 Å². The highest BCUT2D eigenvalue weighted by Gasteiger charge is 2.32. The van der Waals surface area contributed by atoms with E-state index in [0.29, 0.717) is 12.0 Å². The highest BCUT2D eigenvalue weighted by molar-refractivity contribution is 5.74. The molecule has 1 aliphatic heterocycles. The van der Waals surface area contributed by atoms with Gasteiger partial charge >= 0.3 is 6.03 Å². The standard InChI is InChI=1S/C17H33N3O2/c1-13-12-19(2)11-10-15(13)20(3)17(21)18-14-8-6-5-7-9-16(14)22-4/h13-16H,5-12H2,1-4H3,(H,18,21)/t13-,14+,15+,16-/m1/s1. The molecule has 1 heterocycles. The minimum Gasteiger partial charge on any atom is -0.379 e. The molecule has 0 bridgehead atoms.